The fourth-order valence-electron chi connectivity index (χ4n) is 3.45. The Labute approximate surface area is 202 Å². The molecular formula is C23H25ClFN7O2. The van der Waals surface area contributed by atoms with Gasteiger partial charge in [-0.1, -0.05) is 29.8 Å². The number of urea groups is 1. The molecular weight excluding hydrogens is 461 g/mol. The molecule has 0 spiro atoms. The molecule has 0 saturated carbocycles. The number of halogens is 2. The summed E-state index contributed by atoms with van der Waals surface area (Å²) < 4.78 is 13.4. The molecule has 3 rings (SSSR count). The number of anilines is 2. The van der Waals surface area contributed by atoms with Gasteiger partial charge in [0.05, 0.1) is 36.5 Å². The Morgan fingerprint density at radius 3 is 2.53 bits per heavy atom. The molecule has 0 bridgehead atoms. The lowest BCUT2D eigenvalue weighted by Gasteiger charge is -2.52. The average molecular weight is 486 g/mol. The van der Waals surface area contributed by atoms with Crippen LogP contribution in [0, 0.1) is 23.1 Å². The van der Waals surface area contributed by atoms with E-state index in [4.69, 9.17) is 17.3 Å². The van der Waals surface area contributed by atoms with Gasteiger partial charge in [-0.3, -0.25) is 9.80 Å². The highest BCUT2D eigenvalue weighted by atomic mass is 35.5. The zero-order chi connectivity index (χ0) is 24.9. The van der Waals surface area contributed by atoms with Gasteiger partial charge in [0.15, 0.2) is 0 Å². The normalized spacial score (nSPS) is 15.5. The lowest BCUT2D eigenvalue weighted by Crippen LogP contribution is -2.70. The predicted octanol–water partition coefficient (Wildman–Crippen LogP) is 3.46. The maximum Gasteiger partial charge on any atom is 0.322 e. The van der Waals surface area contributed by atoms with Gasteiger partial charge >= 0.3 is 6.03 Å². The van der Waals surface area contributed by atoms with E-state index in [1.807, 2.05) is 30.3 Å². The van der Waals surface area contributed by atoms with Crippen molar-refractivity contribution in [2.24, 2.45) is 16.8 Å². The number of carbonyl (C=O) groups is 2. The molecule has 1 aliphatic heterocycles. The molecule has 11 heteroatoms. The molecule has 1 heterocycles. The summed E-state index contributed by atoms with van der Waals surface area (Å²) in [6.07, 6.45) is 0.0999. The summed E-state index contributed by atoms with van der Waals surface area (Å²) in [4.78, 5) is 26.0. The first-order valence-corrected chi connectivity index (χ1v) is 10.8. The van der Waals surface area contributed by atoms with Crippen LogP contribution >= 0.6 is 11.6 Å². The van der Waals surface area contributed by atoms with E-state index in [1.165, 1.54) is 17.0 Å². The third-order valence-electron chi connectivity index (χ3n) is 5.66. The van der Waals surface area contributed by atoms with Crippen LogP contribution in [0.15, 0.2) is 53.6 Å². The first kappa shape index (κ1) is 24.8. The molecule has 0 aromatic heterocycles. The molecule has 1 unspecified atom stereocenters. The summed E-state index contributed by atoms with van der Waals surface area (Å²) >= 11 is 5.77. The highest BCUT2D eigenvalue weighted by Gasteiger charge is 2.49. The minimum absolute atomic E-state index is 0.0999. The second kappa shape index (κ2) is 10.4. The van der Waals surface area contributed by atoms with Gasteiger partial charge in [-0.2, -0.15) is 10.4 Å². The number of nitrogens with zero attached hydrogens (tertiary/aromatic N) is 4. The number of amidine groups is 1. The van der Waals surface area contributed by atoms with E-state index in [-0.39, 0.29) is 24.5 Å². The molecule has 0 aliphatic carbocycles. The van der Waals surface area contributed by atoms with Gasteiger partial charge < -0.3 is 21.3 Å². The van der Waals surface area contributed by atoms with E-state index in [0.717, 1.165) is 11.8 Å². The van der Waals surface area contributed by atoms with Gasteiger partial charge in [0, 0.05) is 18.4 Å². The predicted molar refractivity (Wildman–Crippen MR) is 129 cm³/mol. The van der Waals surface area contributed by atoms with Crippen molar-refractivity contribution in [3.05, 3.63) is 59.4 Å². The lowest BCUT2D eigenvalue weighted by molar-refractivity contribution is -0.119. The van der Waals surface area contributed by atoms with Crippen LogP contribution in [0.2, 0.25) is 5.02 Å². The number of hydrogen-bond donors (Lipinski definition) is 3. The van der Waals surface area contributed by atoms with Crippen LogP contribution in [0.25, 0.3) is 0 Å². The van der Waals surface area contributed by atoms with Crippen LogP contribution in [0.1, 0.15) is 13.3 Å². The van der Waals surface area contributed by atoms with Crippen LogP contribution < -0.4 is 16.4 Å². The highest BCUT2D eigenvalue weighted by Crippen LogP contribution is 2.32. The third-order valence-corrected chi connectivity index (χ3v) is 5.95. The van der Waals surface area contributed by atoms with E-state index in [1.54, 1.807) is 19.0 Å². The van der Waals surface area contributed by atoms with E-state index >= 15 is 0 Å². The zero-order valence-corrected chi connectivity index (χ0v) is 19.5. The summed E-state index contributed by atoms with van der Waals surface area (Å²) in [5.41, 5.74) is 5.83. The Balaban J connectivity index is 1.75. The van der Waals surface area contributed by atoms with Gasteiger partial charge in [0.2, 0.25) is 5.91 Å². The molecule has 1 atom stereocenters. The van der Waals surface area contributed by atoms with Crippen molar-refractivity contribution in [3.63, 3.8) is 0 Å². The first-order chi connectivity index (χ1) is 16.1. The standard InChI is InChI=1S/C23H25ClFN7O2/c1-15(20(27)33)21(28-16-6-4-3-5-7-16)30-31(2)23(10-11-26)13-32(14-23)22(34)29-17-8-9-19(25)18(24)12-17/h3-9,12,15H,10,13-14H2,1-2H3,(H2,27,33)(H,28,30)(H,29,34). The van der Waals surface area contributed by atoms with Gasteiger partial charge in [-0.25, -0.2) is 9.18 Å². The van der Waals surface area contributed by atoms with Crippen molar-refractivity contribution < 1.29 is 14.0 Å². The molecule has 4 N–H and O–H groups in total. The molecule has 2 aromatic rings. The number of primary amides is 1. The topological polar surface area (TPSA) is 127 Å². The largest absolute Gasteiger partial charge is 0.369 e. The van der Waals surface area contributed by atoms with E-state index < -0.39 is 29.2 Å². The summed E-state index contributed by atoms with van der Waals surface area (Å²) in [5, 5.41) is 21.3. The van der Waals surface area contributed by atoms with Crippen LogP contribution in [0.3, 0.4) is 0 Å². The lowest BCUT2D eigenvalue weighted by atomic mass is 9.86. The summed E-state index contributed by atoms with van der Waals surface area (Å²) in [7, 11) is 1.69. The van der Waals surface area contributed by atoms with Gasteiger partial charge in [-0.15, -0.1) is 0 Å². The maximum absolute atomic E-state index is 13.4. The van der Waals surface area contributed by atoms with Gasteiger partial charge in [0.1, 0.15) is 17.2 Å². The van der Waals surface area contributed by atoms with Crippen LogP contribution in [0.4, 0.5) is 20.6 Å². The zero-order valence-electron chi connectivity index (χ0n) is 18.8. The molecule has 1 saturated heterocycles. The number of para-hydroxylation sites is 1. The number of rotatable bonds is 7. The quantitative estimate of drug-likeness (QED) is 0.314. The number of carbonyl (C=O) groups excluding carboxylic acids is 2. The van der Waals surface area contributed by atoms with Crippen LogP contribution in [0.5, 0.6) is 0 Å². The molecule has 1 aliphatic rings. The van der Waals surface area contributed by atoms with Crippen molar-refractivity contribution in [1.82, 2.24) is 9.91 Å². The summed E-state index contributed by atoms with van der Waals surface area (Å²) in [5.74, 6) is -1.54. The van der Waals surface area contributed by atoms with Crippen molar-refractivity contribution in [1.29, 1.82) is 5.26 Å². The Morgan fingerprint density at radius 2 is 1.94 bits per heavy atom. The van der Waals surface area contributed by atoms with E-state index in [0.29, 0.717) is 11.5 Å². The molecule has 3 amide bonds. The number of likely N-dealkylation sites (N-methyl/N-ethyl adjacent to an activating group) is 1. The second-order valence-electron chi connectivity index (χ2n) is 8.10. The highest BCUT2D eigenvalue weighted by molar-refractivity contribution is 6.31. The van der Waals surface area contributed by atoms with Crippen molar-refractivity contribution in [2.75, 3.05) is 30.8 Å². The number of nitrogens with two attached hydrogens (primary N) is 1. The Hall–Kier alpha value is -3.84. The van der Waals surface area contributed by atoms with Crippen LogP contribution in [-0.2, 0) is 4.79 Å². The van der Waals surface area contributed by atoms with E-state index in [2.05, 4.69) is 21.8 Å². The second-order valence-corrected chi connectivity index (χ2v) is 8.51. The fraction of sp³-hybridized carbons (Fsp3) is 0.304. The molecule has 34 heavy (non-hydrogen) atoms. The van der Waals surface area contributed by atoms with Crippen molar-refractivity contribution in [3.8, 4) is 6.07 Å². The minimum Gasteiger partial charge on any atom is -0.369 e. The smallest absolute Gasteiger partial charge is 0.322 e. The molecule has 0 radical (unpaired) electrons. The van der Waals surface area contributed by atoms with Crippen molar-refractivity contribution >= 4 is 40.7 Å². The maximum atomic E-state index is 13.4. The summed E-state index contributed by atoms with van der Waals surface area (Å²) in [6, 6.07) is 14.8. The average Bonchev–Trinajstić information content (AvgIpc) is 2.77. The monoisotopic (exact) mass is 485 g/mol. The van der Waals surface area contributed by atoms with Crippen LogP contribution in [-0.4, -0.2) is 53.4 Å². The summed E-state index contributed by atoms with van der Waals surface area (Å²) in [6.45, 7) is 2.06. The number of benzene rings is 2. The van der Waals surface area contributed by atoms with E-state index in [9.17, 15) is 19.2 Å². The minimum atomic E-state index is -0.756. The first-order valence-electron chi connectivity index (χ1n) is 10.5. The molecule has 1 fully saturated rings. The number of hydrogen-bond acceptors (Lipinski definition) is 5. The Morgan fingerprint density at radius 1 is 1.26 bits per heavy atom. The molecule has 2 aromatic carbocycles. The number of likely N-dealkylation sites (tertiary alicyclic amines) is 1. The molecule has 9 nitrogen and oxygen atoms in total. The number of amides is 3. The molecule has 178 valence electrons. The third kappa shape index (κ3) is 5.55. The van der Waals surface area contributed by atoms with Crippen molar-refractivity contribution in [2.45, 2.75) is 18.9 Å². The van der Waals surface area contributed by atoms with Gasteiger partial charge in [-0.05, 0) is 37.3 Å². The number of nitriles is 1. The fourth-order valence-corrected chi connectivity index (χ4v) is 3.63. The SMILES string of the molecule is CC(C(N)=O)/C(=N\N(C)C1(CC#N)CN(C(=O)Nc2ccc(F)c(Cl)c2)C1)Nc1ccccc1. The number of nitrogens with one attached hydrogen (secondary N) is 2. The number of hydrazone groups is 1. The van der Waals surface area contributed by atoms with Gasteiger partial charge in [0.25, 0.3) is 0 Å². The Kier molecular flexibility index (Phi) is 7.58. The Bertz CT molecular complexity index is 1130.